The van der Waals surface area contributed by atoms with E-state index in [1.807, 2.05) is 0 Å². The van der Waals surface area contributed by atoms with Gasteiger partial charge in [0.05, 0.1) is 5.56 Å². The Balaban J connectivity index is 2.79. The van der Waals surface area contributed by atoms with Gasteiger partial charge in [0.1, 0.15) is 0 Å². The molecule has 0 fully saturated rings. The predicted octanol–water partition coefficient (Wildman–Crippen LogP) is 5.60. The molecule has 0 nitrogen and oxygen atoms in total. The first-order chi connectivity index (χ1) is 9.36. The Morgan fingerprint density at radius 2 is 1.30 bits per heavy atom. The molecule has 2 aromatic carbocycles. The molecule has 0 saturated carbocycles. The summed E-state index contributed by atoms with van der Waals surface area (Å²) in [5.74, 6) is -9.93. The minimum absolute atomic E-state index is 0.126. The zero-order chi connectivity index (χ0) is 15.0. The van der Waals surface area contributed by atoms with E-state index in [4.69, 9.17) is 11.6 Å². The van der Waals surface area contributed by atoms with Crippen LogP contribution in [0.3, 0.4) is 0 Å². The third kappa shape index (κ3) is 2.54. The number of alkyl halides is 1. The summed E-state index contributed by atoms with van der Waals surface area (Å²) >= 11 is 8.89. The van der Waals surface area contributed by atoms with Crippen molar-refractivity contribution in [1.82, 2.24) is 0 Å². The molecule has 0 aliphatic heterocycles. The van der Waals surface area contributed by atoms with Gasteiger partial charge in [0.25, 0.3) is 0 Å². The first kappa shape index (κ1) is 15.3. The summed E-state index contributed by atoms with van der Waals surface area (Å²) in [6.45, 7) is 0. The Labute approximate surface area is 124 Å². The van der Waals surface area contributed by atoms with Crippen molar-refractivity contribution in [2.45, 2.75) is 5.33 Å². The molecule has 0 aliphatic rings. The van der Waals surface area contributed by atoms with Crippen LogP contribution in [-0.4, -0.2) is 0 Å². The summed E-state index contributed by atoms with van der Waals surface area (Å²) in [6.07, 6.45) is 0. The van der Waals surface area contributed by atoms with Crippen LogP contribution in [0.5, 0.6) is 0 Å². The molecule has 0 radical (unpaired) electrons. The van der Waals surface area contributed by atoms with Crippen LogP contribution in [0.2, 0.25) is 5.02 Å². The molecule has 106 valence electrons. The average Bonchev–Trinajstić information content (AvgIpc) is 2.42. The molecule has 0 atom stereocenters. The second-order valence-corrected chi connectivity index (χ2v) is 4.92. The molecular formula is C13H5BrClF5. The normalized spacial score (nSPS) is 10.9. The second-order valence-electron chi connectivity index (χ2n) is 3.93. The predicted molar refractivity (Wildman–Crippen MR) is 69.3 cm³/mol. The largest absolute Gasteiger partial charge is 0.203 e. The van der Waals surface area contributed by atoms with Gasteiger partial charge in [-0.05, 0) is 29.3 Å². The second kappa shape index (κ2) is 5.69. The van der Waals surface area contributed by atoms with Crippen LogP contribution in [0, 0.1) is 29.1 Å². The lowest BCUT2D eigenvalue weighted by Crippen LogP contribution is -2.04. The van der Waals surface area contributed by atoms with Gasteiger partial charge in [-0.15, -0.1) is 0 Å². The van der Waals surface area contributed by atoms with Crippen molar-refractivity contribution in [3.63, 3.8) is 0 Å². The Bertz CT molecular complexity index is 658. The maximum absolute atomic E-state index is 13.7. The van der Waals surface area contributed by atoms with Crippen LogP contribution in [0.4, 0.5) is 22.0 Å². The summed E-state index contributed by atoms with van der Waals surface area (Å²) < 4.78 is 66.7. The van der Waals surface area contributed by atoms with Crippen molar-refractivity contribution in [2.24, 2.45) is 0 Å². The third-order valence-electron chi connectivity index (χ3n) is 2.61. The SMILES string of the molecule is Fc1c(F)c(F)c(-c2cc(Cl)cc(CBr)c2)c(F)c1F. The standard InChI is InChI=1S/C13H5BrClF5/c14-4-5-1-6(3-7(15)2-5)8-9(16)11(18)13(20)12(19)10(8)17/h1-3H,4H2. The lowest BCUT2D eigenvalue weighted by molar-refractivity contribution is 0.381. The minimum atomic E-state index is -2.19. The van der Waals surface area contributed by atoms with Gasteiger partial charge in [-0.3, -0.25) is 0 Å². The van der Waals surface area contributed by atoms with Gasteiger partial charge >= 0.3 is 0 Å². The van der Waals surface area contributed by atoms with Gasteiger partial charge in [-0.25, -0.2) is 22.0 Å². The summed E-state index contributed by atoms with van der Waals surface area (Å²) in [4.78, 5) is 0. The highest BCUT2D eigenvalue weighted by Gasteiger charge is 2.26. The quantitative estimate of drug-likeness (QED) is 0.279. The molecule has 0 aliphatic carbocycles. The van der Waals surface area contributed by atoms with E-state index in [9.17, 15) is 22.0 Å². The smallest absolute Gasteiger partial charge is 0.200 e. The van der Waals surface area contributed by atoms with E-state index in [2.05, 4.69) is 15.9 Å². The van der Waals surface area contributed by atoms with Crippen molar-refractivity contribution in [1.29, 1.82) is 0 Å². The average molecular weight is 372 g/mol. The lowest BCUT2D eigenvalue weighted by atomic mass is 10.0. The van der Waals surface area contributed by atoms with Gasteiger partial charge in [0.15, 0.2) is 23.3 Å². The van der Waals surface area contributed by atoms with Crippen molar-refractivity contribution in [3.8, 4) is 11.1 Å². The Kier molecular flexibility index (Phi) is 4.34. The zero-order valence-corrected chi connectivity index (χ0v) is 11.9. The van der Waals surface area contributed by atoms with E-state index in [0.717, 1.165) is 6.07 Å². The molecule has 0 heterocycles. The van der Waals surface area contributed by atoms with Gasteiger partial charge in [0.2, 0.25) is 5.82 Å². The number of halogens is 7. The number of benzene rings is 2. The lowest BCUT2D eigenvalue weighted by Gasteiger charge is -2.10. The molecule has 7 heteroatoms. The molecule has 0 amide bonds. The maximum Gasteiger partial charge on any atom is 0.200 e. The fourth-order valence-corrected chi connectivity index (χ4v) is 2.31. The number of rotatable bonds is 2. The van der Waals surface area contributed by atoms with Crippen LogP contribution < -0.4 is 0 Å². The maximum atomic E-state index is 13.7. The number of hydrogen-bond donors (Lipinski definition) is 0. The highest BCUT2D eigenvalue weighted by Crippen LogP contribution is 2.33. The molecule has 2 aromatic rings. The minimum Gasteiger partial charge on any atom is -0.203 e. The van der Waals surface area contributed by atoms with Gasteiger partial charge in [0, 0.05) is 10.4 Å². The fraction of sp³-hybridized carbons (Fsp3) is 0.0769. The molecule has 0 unspecified atom stereocenters. The molecule has 0 aromatic heterocycles. The van der Waals surface area contributed by atoms with Crippen molar-refractivity contribution in [2.75, 3.05) is 0 Å². The molecule has 0 N–H and O–H groups in total. The molecule has 0 saturated heterocycles. The summed E-state index contributed by atoms with van der Waals surface area (Å²) in [5.41, 5.74) is -0.637. The molecule has 20 heavy (non-hydrogen) atoms. The molecule has 0 spiro atoms. The van der Waals surface area contributed by atoms with E-state index in [0.29, 0.717) is 10.9 Å². The van der Waals surface area contributed by atoms with E-state index in [1.165, 1.54) is 12.1 Å². The van der Waals surface area contributed by atoms with Crippen LogP contribution in [0.1, 0.15) is 5.56 Å². The molecule has 2 rings (SSSR count). The highest BCUT2D eigenvalue weighted by atomic mass is 79.9. The van der Waals surface area contributed by atoms with Crippen molar-refractivity contribution < 1.29 is 22.0 Å². The van der Waals surface area contributed by atoms with Crippen molar-refractivity contribution in [3.05, 3.63) is 57.9 Å². The van der Waals surface area contributed by atoms with Gasteiger partial charge in [-0.2, -0.15) is 0 Å². The van der Waals surface area contributed by atoms with E-state index in [1.54, 1.807) is 0 Å². The van der Waals surface area contributed by atoms with E-state index in [-0.39, 0.29) is 10.6 Å². The van der Waals surface area contributed by atoms with Gasteiger partial charge in [-0.1, -0.05) is 27.5 Å². The zero-order valence-electron chi connectivity index (χ0n) is 9.58. The van der Waals surface area contributed by atoms with Crippen LogP contribution in [0.15, 0.2) is 18.2 Å². The van der Waals surface area contributed by atoms with E-state index < -0.39 is 34.6 Å². The van der Waals surface area contributed by atoms with E-state index >= 15 is 0 Å². The van der Waals surface area contributed by atoms with Crippen molar-refractivity contribution >= 4 is 27.5 Å². The molecule has 0 bridgehead atoms. The third-order valence-corrected chi connectivity index (χ3v) is 3.48. The summed E-state index contributed by atoms with van der Waals surface area (Å²) in [7, 11) is 0. The van der Waals surface area contributed by atoms with Crippen LogP contribution in [-0.2, 0) is 5.33 Å². The number of hydrogen-bond acceptors (Lipinski definition) is 0. The Morgan fingerprint density at radius 3 is 1.80 bits per heavy atom. The van der Waals surface area contributed by atoms with Crippen LogP contribution in [0.25, 0.3) is 11.1 Å². The first-order valence-electron chi connectivity index (χ1n) is 5.24. The summed E-state index contributed by atoms with van der Waals surface area (Å²) in [5, 5.41) is 0.441. The highest BCUT2D eigenvalue weighted by molar-refractivity contribution is 9.08. The summed E-state index contributed by atoms with van der Waals surface area (Å²) in [6, 6.07) is 3.93. The monoisotopic (exact) mass is 370 g/mol. The Morgan fingerprint density at radius 1 is 0.800 bits per heavy atom. The topological polar surface area (TPSA) is 0 Å². The van der Waals surface area contributed by atoms with Crippen LogP contribution >= 0.6 is 27.5 Å². The molecular weight excluding hydrogens is 366 g/mol. The first-order valence-corrected chi connectivity index (χ1v) is 6.74. The Hall–Kier alpha value is -1.14. The van der Waals surface area contributed by atoms with Gasteiger partial charge < -0.3 is 0 Å². The fourth-order valence-electron chi connectivity index (χ4n) is 1.73.